The Balaban J connectivity index is 2.44. The molecule has 0 saturated carbocycles. The van der Waals surface area contributed by atoms with Crippen LogP contribution >= 0.6 is 0 Å². The smallest absolute Gasteiger partial charge is 0.0641 e. The molecule has 0 spiro atoms. The van der Waals surface area contributed by atoms with Gasteiger partial charge in [-0.15, -0.1) is 0 Å². The molecule has 2 N–H and O–H groups in total. The first kappa shape index (κ1) is 15.6. The van der Waals surface area contributed by atoms with Crippen LogP contribution in [-0.4, -0.2) is 0 Å². The number of benzene rings is 2. The first-order valence-electron chi connectivity index (χ1n) is 7.28. The second-order valence-corrected chi connectivity index (χ2v) is 5.16. The van der Waals surface area contributed by atoms with E-state index in [9.17, 15) is 0 Å². The molecule has 0 saturated heterocycles. The van der Waals surface area contributed by atoms with Crippen molar-refractivity contribution in [2.45, 2.75) is 13.5 Å². The van der Waals surface area contributed by atoms with E-state index in [2.05, 4.69) is 61.4 Å². The molecule has 0 aliphatic carbocycles. The van der Waals surface area contributed by atoms with Gasteiger partial charge in [0.2, 0.25) is 0 Å². The number of hydrogen-bond donors (Lipinski definition) is 1. The van der Waals surface area contributed by atoms with E-state index in [1.807, 2.05) is 18.2 Å². The SMILES string of the molecule is C=C/C(N)=C(\C=C)N(Cc1ccc(C)cc1)c1ccccc1. The van der Waals surface area contributed by atoms with Crippen LogP contribution in [0.4, 0.5) is 5.69 Å². The quantitative estimate of drug-likeness (QED) is 0.791. The first-order valence-corrected chi connectivity index (χ1v) is 7.28. The highest BCUT2D eigenvalue weighted by atomic mass is 15.1. The molecule has 2 nitrogen and oxygen atoms in total. The molecule has 0 aliphatic rings. The summed E-state index contributed by atoms with van der Waals surface area (Å²) in [6.07, 6.45) is 3.43. The van der Waals surface area contributed by atoms with Crippen LogP contribution in [0.15, 0.2) is 91.3 Å². The van der Waals surface area contributed by atoms with Crippen molar-refractivity contribution in [1.82, 2.24) is 0 Å². The largest absolute Gasteiger partial charge is 0.397 e. The topological polar surface area (TPSA) is 29.3 Å². The molecule has 2 rings (SSSR count). The molecule has 2 aromatic carbocycles. The Hall–Kier alpha value is -2.74. The second-order valence-electron chi connectivity index (χ2n) is 5.16. The number of anilines is 1. The molecule has 0 atom stereocenters. The van der Waals surface area contributed by atoms with E-state index in [-0.39, 0.29) is 0 Å². The number of allylic oxidation sites excluding steroid dienone is 2. The summed E-state index contributed by atoms with van der Waals surface area (Å²) in [5.74, 6) is 0. The summed E-state index contributed by atoms with van der Waals surface area (Å²) in [5, 5.41) is 0. The third kappa shape index (κ3) is 3.67. The lowest BCUT2D eigenvalue weighted by Crippen LogP contribution is -2.23. The van der Waals surface area contributed by atoms with Crippen molar-refractivity contribution in [3.05, 3.63) is 102 Å². The van der Waals surface area contributed by atoms with Crippen LogP contribution in [-0.2, 0) is 6.54 Å². The second kappa shape index (κ2) is 7.32. The summed E-state index contributed by atoms with van der Waals surface area (Å²) in [6.45, 7) is 10.5. The number of nitrogens with zero attached hydrogens (tertiary/aromatic N) is 1. The van der Waals surface area contributed by atoms with Crippen molar-refractivity contribution in [1.29, 1.82) is 0 Å². The minimum absolute atomic E-state index is 0.617. The zero-order valence-corrected chi connectivity index (χ0v) is 13.0. The summed E-state index contributed by atoms with van der Waals surface area (Å²) in [5.41, 5.74) is 11.1. The van der Waals surface area contributed by atoms with Crippen LogP contribution < -0.4 is 10.6 Å². The van der Waals surface area contributed by atoms with E-state index < -0.39 is 0 Å². The predicted molar refractivity (Wildman–Crippen MR) is 95.4 cm³/mol. The fraction of sp³-hybridized carbons (Fsp3) is 0.100. The van der Waals surface area contributed by atoms with Crippen molar-refractivity contribution in [2.24, 2.45) is 5.73 Å². The summed E-state index contributed by atoms with van der Waals surface area (Å²) >= 11 is 0. The van der Waals surface area contributed by atoms with Gasteiger partial charge < -0.3 is 10.6 Å². The van der Waals surface area contributed by atoms with Crippen LogP contribution in [0.3, 0.4) is 0 Å². The van der Waals surface area contributed by atoms with Crippen LogP contribution in [0.25, 0.3) is 0 Å². The van der Waals surface area contributed by atoms with E-state index in [1.54, 1.807) is 12.2 Å². The minimum atomic E-state index is 0.617. The van der Waals surface area contributed by atoms with Crippen molar-refractivity contribution >= 4 is 5.69 Å². The minimum Gasteiger partial charge on any atom is -0.397 e. The maximum Gasteiger partial charge on any atom is 0.0641 e. The highest BCUT2D eigenvalue weighted by Crippen LogP contribution is 2.24. The number of rotatable bonds is 6. The summed E-state index contributed by atoms with van der Waals surface area (Å²) in [4.78, 5) is 2.15. The van der Waals surface area contributed by atoms with Crippen LogP contribution in [0, 0.1) is 6.92 Å². The van der Waals surface area contributed by atoms with Gasteiger partial charge in [0, 0.05) is 12.2 Å². The van der Waals surface area contributed by atoms with Gasteiger partial charge in [-0.05, 0) is 36.8 Å². The van der Waals surface area contributed by atoms with Crippen LogP contribution in [0.5, 0.6) is 0 Å². The van der Waals surface area contributed by atoms with Crippen molar-refractivity contribution in [3.8, 4) is 0 Å². The van der Waals surface area contributed by atoms with Gasteiger partial charge in [0.15, 0.2) is 0 Å². The molecular weight excluding hydrogens is 268 g/mol. The third-order valence-corrected chi connectivity index (χ3v) is 3.53. The van der Waals surface area contributed by atoms with Gasteiger partial charge in [0.25, 0.3) is 0 Å². The molecule has 2 aromatic rings. The Morgan fingerprint density at radius 3 is 2.18 bits per heavy atom. The maximum atomic E-state index is 6.09. The predicted octanol–water partition coefficient (Wildman–Crippen LogP) is 4.54. The average molecular weight is 290 g/mol. The molecule has 0 heterocycles. The number of aryl methyl sites for hydroxylation is 1. The lowest BCUT2D eigenvalue weighted by atomic mass is 10.1. The van der Waals surface area contributed by atoms with E-state index >= 15 is 0 Å². The van der Waals surface area contributed by atoms with E-state index in [0.717, 1.165) is 17.9 Å². The molecule has 22 heavy (non-hydrogen) atoms. The van der Waals surface area contributed by atoms with Gasteiger partial charge >= 0.3 is 0 Å². The Kier molecular flexibility index (Phi) is 5.21. The lowest BCUT2D eigenvalue weighted by molar-refractivity contribution is 0.922. The Labute approximate surface area is 132 Å². The Morgan fingerprint density at radius 1 is 1.00 bits per heavy atom. The summed E-state index contributed by atoms with van der Waals surface area (Å²) < 4.78 is 0. The molecule has 0 aliphatic heterocycles. The van der Waals surface area contributed by atoms with Crippen LogP contribution in [0.1, 0.15) is 11.1 Å². The van der Waals surface area contributed by atoms with Gasteiger partial charge in [0.05, 0.1) is 11.4 Å². The van der Waals surface area contributed by atoms with Crippen LogP contribution in [0.2, 0.25) is 0 Å². The number of hydrogen-bond acceptors (Lipinski definition) is 2. The number of para-hydroxylation sites is 1. The fourth-order valence-electron chi connectivity index (χ4n) is 2.29. The molecule has 0 radical (unpaired) electrons. The molecule has 0 unspecified atom stereocenters. The van der Waals surface area contributed by atoms with Gasteiger partial charge in [-0.1, -0.05) is 61.2 Å². The van der Waals surface area contributed by atoms with Crippen molar-refractivity contribution < 1.29 is 0 Å². The number of nitrogens with two attached hydrogens (primary N) is 1. The fourth-order valence-corrected chi connectivity index (χ4v) is 2.29. The Bertz CT molecular complexity index is 667. The monoisotopic (exact) mass is 290 g/mol. The molecule has 2 heteroatoms. The summed E-state index contributed by atoms with van der Waals surface area (Å²) in [6, 6.07) is 18.7. The van der Waals surface area contributed by atoms with Gasteiger partial charge in [0.1, 0.15) is 0 Å². The highest BCUT2D eigenvalue weighted by Gasteiger charge is 2.12. The highest BCUT2D eigenvalue weighted by molar-refractivity contribution is 5.56. The van der Waals surface area contributed by atoms with Gasteiger partial charge in [-0.3, -0.25) is 0 Å². The van der Waals surface area contributed by atoms with E-state index in [4.69, 9.17) is 5.73 Å². The maximum absolute atomic E-state index is 6.09. The zero-order chi connectivity index (χ0) is 15.9. The molecular formula is C20H22N2. The van der Waals surface area contributed by atoms with Crippen molar-refractivity contribution in [3.63, 3.8) is 0 Å². The zero-order valence-electron chi connectivity index (χ0n) is 13.0. The van der Waals surface area contributed by atoms with Gasteiger partial charge in [-0.25, -0.2) is 0 Å². The molecule has 0 bridgehead atoms. The van der Waals surface area contributed by atoms with E-state index in [1.165, 1.54) is 11.1 Å². The molecule has 0 aromatic heterocycles. The summed E-state index contributed by atoms with van der Waals surface area (Å²) in [7, 11) is 0. The van der Waals surface area contributed by atoms with Crippen molar-refractivity contribution in [2.75, 3.05) is 4.90 Å². The lowest BCUT2D eigenvalue weighted by Gasteiger charge is -2.27. The normalized spacial score (nSPS) is 11.5. The molecule has 112 valence electrons. The standard InChI is InChI=1S/C20H22N2/c1-4-19(21)20(5-2)22(18-9-7-6-8-10-18)15-17-13-11-16(3)12-14-17/h4-14H,1-2,15,21H2,3H3/b20-19-. The third-order valence-electron chi connectivity index (χ3n) is 3.53. The molecule has 0 fully saturated rings. The molecule has 0 amide bonds. The van der Waals surface area contributed by atoms with Gasteiger partial charge in [-0.2, -0.15) is 0 Å². The Morgan fingerprint density at radius 2 is 1.64 bits per heavy atom. The first-order chi connectivity index (χ1) is 10.7. The average Bonchev–Trinajstić information content (AvgIpc) is 2.57. The van der Waals surface area contributed by atoms with E-state index in [0.29, 0.717) is 5.70 Å².